The fourth-order valence-electron chi connectivity index (χ4n) is 3.94. The second-order valence-corrected chi connectivity index (χ2v) is 7.14. The van der Waals surface area contributed by atoms with Gasteiger partial charge in [-0.3, -0.25) is 9.89 Å². The average Bonchev–Trinajstić information content (AvgIpc) is 3.29. The van der Waals surface area contributed by atoms with Crippen molar-refractivity contribution in [3.8, 4) is 28.5 Å². The molecule has 0 fully saturated rings. The van der Waals surface area contributed by atoms with E-state index in [1.807, 2.05) is 37.3 Å². The van der Waals surface area contributed by atoms with Crippen molar-refractivity contribution < 1.29 is 19.4 Å². The zero-order valence-corrected chi connectivity index (χ0v) is 17.1. The quantitative estimate of drug-likeness (QED) is 0.609. The van der Waals surface area contributed by atoms with Gasteiger partial charge in [-0.25, -0.2) is 0 Å². The highest BCUT2D eigenvalue weighted by atomic mass is 16.5. The number of rotatable bonds is 6. The molecule has 1 aliphatic rings. The molecule has 1 aliphatic heterocycles. The number of H-pyrrole nitrogens is 1. The number of fused-ring (bicyclic) bond motifs is 1. The summed E-state index contributed by atoms with van der Waals surface area (Å²) in [6.45, 7) is 6.10. The third-order valence-corrected chi connectivity index (χ3v) is 5.32. The molecule has 2 aromatic carbocycles. The van der Waals surface area contributed by atoms with Crippen molar-refractivity contribution in [3.63, 3.8) is 0 Å². The monoisotopic (exact) mass is 405 g/mol. The van der Waals surface area contributed by atoms with Crippen LogP contribution in [0, 0.1) is 6.92 Å². The molecule has 7 nitrogen and oxygen atoms in total. The fourth-order valence-corrected chi connectivity index (χ4v) is 3.94. The molecule has 7 heteroatoms. The number of methoxy groups -OCH3 is 2. The fraction of sp³-hybridized carbons (Fsp3) is 0.217. The second kappa shape index (κ2) is 7.59. The maximum Gasteiger partial charge on any atom is 0.273 e. The molecule has 2 heterocycles. The van der Waals surface area contributed by atoms with Crippen LogP contribution in [-0.2, 0) is 0 Å². The van der Waals surface area contributed by atoms with E-state index in [1.165, 1.54) is 0 Å². The number of phenolic OH excluding ortho intramolecular Hbond substituents is 1. The first-order chi connectivity index (χ1) is 14.5. The standard InChI is InChI=1S/C23H23N3O4/c1-5-10-26-22(14-7-9-17(29-3)18(12-14)30-4)19-20(24-25-21(19)23(26)28)15-11-13(2)6-8-16(15)27/h5-9,11-12,22,27H,1,10H2,2-4H3,(H,24,25)/t22-/m0/s1. The van der Waals surface area contributed by atoms with Gasteiger partial charge in [0.25, 0.3) is 5.91 Å². The minimum absolute atomic E-state index is 0.107. The number of aromatic amines is 1. The van der Waals surface area contributed by atoms with E-state index < -0.39 is 6.04 Å². The van der Waals surface area contributed by atoms with Gasteiger partial charge < -0.3 is 19.5 Å². The Hall–Kier alpha value is -3.74. The molecule has 4 rings (SSSR count). The van der Waals surface area contributed by atoms with Gasteiger partial charge in [-0.05, 0) is 36.8 Å². The van der Waals surface area contributed by atoms with Crippen LogP contribution < -0.4 is 9.47 Å². The van der Waals surface area contributed by atoms with Crippen LogP contribution in [0.1, 0.15) is 33.2 Å². The predicted molar refractivity (Wildman–Crippen MR) is 113 cm³/mol. The number of phenols is 1. The Labute approximate surface area is 174 Å². The van der Waals surface area contributed by atoms with Gasteiger partial charge in [0.05, 0.1) is 20.3 Å². The lowest BCUT2D eigenvalue weighted by atomic mass is 9.95. The maximum absolute atomic E-state index is 13.1. The molecule has 3 aromatic rings. The lowest BCUT2D eigenvalue weighted by Gasteiger charge is -2.26. The van der Waals surface area contributed by atoms with Crippen LogP contribution in [0.5, 0.6) is 17.2 Å². The topological polar surface area (TPSA) is 87.7 Å². The van der Waals surface area contributed by atoms with Crippen molar-refractivity contribution in [3.05, 3.63) is 71.4 Å². The van der Waals surface area contributed by atoms with Gasteiger partial charge in [-0.1, -0.05) is 23.8 Å². The van der Waals surface area contributed by atoms with Gasteiger partial charge >= 0.3 is 0 Å². The SMILES string of the molecule is C=CCN1C(=O)c2[nH]nc(-c3cc(C)ccc3O)c2[C@@H]1c1ccc(OC)c(OC)c1. The zero-order chi connectivity index (χ0) is 21.4. The van der Waals surface area contributed by atoms with Crippen molar-refractivity contribution in [2.24, 2.45) is 0 Å². The molecule has 0 saturated carbocycles. The lowest BCUT2D eigenvalue weighted by molar-refractivity contribution is 0.0764. The molecule has 0 unspecified atom stereocenters. The largest absolute Gasteiger partial charge is 0.507 e. The summed E-state index contributed by atoms with van der Waals surface area (Å²) in [5, 5.41) is 17.7. The van der Waals surface area contributed by atoms with Crippen LogP contribution in [0.15, 0.2) is 49.1 Å². The second-order valence-electron chi connectivity index (χ2n) is 7.14. The number of hydrogen-bond acceptors (Lipinski definition) is 5. The van der Waals surface area contributed by atoms with E-state index in [1.54, 1.807) is 31.3 Å². The molecule has 1 amide bonds. The molecule has 0 aliphatic carbocycles. The molecule has 0 spiro atoms. The molecule has 1 atom stereocenters. The van der Waals surface area contributed by atoms with Crippen LogP contribution >= 0.6 is 0 Å². The molecule has 0 saturated heterocycles. The smallest absolute Gasteiger partial charge is 0.273 e. The average molecular weight is 405 g/mol. The zero-order valence-electron chi connectivity index (χ0n) is 17.1. The summed E-state index contributed by atoms with van der Waals surface area (Å²) in [5.74, 6) is 1.11. The van der Waals surface area contributed by atoms with Gasteiger partial charge in [0, 0.05) is 17.7 Å². The van der Waals surface area contributed by atoms with E-state index in [4.69, 9.17) is 9.47 Å². The van der Waals surface area contributed by atoms with E-state index in [0.717, 1.165) is 16.7 Å². The minimum Gasteiger partial charge on any atom is -0.507 e. The number of aryl methyl sites for hydroxylation is 1. The van der Waals surface area contributed by atoms with Crippen molar-refractivity contribution in [1.29, 1.82) is 0 Å². The highest BCUT2D eigenvalue weighted by Crippen LogP contribution is 2.45. The maximum atomic E-state index is 13.1. The third-order valence-electron chi connectivity index (χ3n) is 5.32. The summed E-state index contributed by atoms with van der Waals surface area (Å²) in [6, 6.07) is 10.5. The molecule has 154 valence electrons. The summed E-state index contributed by atoms with van der Waals surface area (Å²) >= 11 is 0. The summed E-state index contributed by atoms with van der Waals surface area (Å²) in [5.41, 5.74) is 4.07. The van der Waals surface area contributed by atoms with Crippen molar-refractivity contribution in [2.45, 2.75) is 13.0 Å². The Morgan fingerprint density at radius 2 is 1.97 bits per heavy atom. The number of carbonyl (C=O) groups excluding carboxylic acids is 1. The molecular formula is C23H23N3O4. The first-order valence-corrected chi connectivity index (χ1v) is 9.52. The van der Waals surface area contributed by atoms with Gasteiger partial charge in [0.2, 0.25) is 0 Å². The Morgan fingerprint density at radius 1 is 1.20 bits per heavy atom. The summed E-state index contributed by atoms with van der Waals surface area (Å²) in [4.78, 5) is 14.8. The summed E-state index contributed by atoms with van der Waals surface area (Å²) in [7, 11) is 3.15. The van der Waals surface area contributed by atoms with Crippen LogP contribution in [0.3, 0.4) is 0 Å². The van der Waals surface area contributed by atoms with Crippen LogP contribution in [0.25, 0.3) is 11.3 Å². The van der Waals surface area contributed by atoms with Crippen molar-refractivity contribution in [2.75, 3.05) is 20.8 Å². The highest BCUT2D eigenvalue weighted by Gasteiger charge is 2.42. The lowest BCUT2D eigenvalue weighted by Crippen LogP contribution is -2.29. The number of amides is 1. The number of carbonyl (C=O) groups is 1. The number of hydrogen-bond donors (Lipinski definition) is 2. The van der Waals surface area contributed by atoms with Crippen LogP contribution in [-0.4, -0.2) is 46.9 Å². The first-order valence-electron chi connectivity index (χ1n) is 9.52. The molecule has 2 N–H and O–H groups in total. The molecule has 1 aromatic heterocycles. The Kier molecular flexibility index (Phi) is 4.95. The highest BCUT2D eigenvalue weighted by molar-refractivity contribution is 6.00. The van der Waals surface area contributed by atoms with Crippen LogP contribution in [0.2, 0.25) is 0 Å². The van der Waals surface area contributed by atoms with Crippen molar-refractivity contribution >= 4 is 5.91 Å². The van der Waals surface area contributed by atoms with Crippen molar-refractivity contribution in [1.82, 2.24) is 15.1 Å². The van der Waals surface area contributed by atoms with Crippen LogP contribution in [0.4, 0.5) is 0 Å². The molecule has 30 heavy (non-hydrogen) atoms. The number of aromatic hydroxyl groups is 1. The Bertz CT molecular complexity index is 1140. The number of nitrogens with zero attached hydrogens (tertiary/aromatic N) is 2. The van der Waals surface area contributed by atoms with Gasteiger partial charge in [-0.2, -0.15) is 5.10 Å². The van der Waals surface area contributed by atoms with Gasteiger partial charge in [0.1, 0.15) is 17.1 Å². The minimum atomic E-state index is -0.418. The molecular weight excluding hydrogens is 382 g/mol. The van der Waals surface area contributed by atoms with E-state index in [9.17, 15) is 9.90 Å². The number of ether oxygens (including phenoxy) is 2. The summed E-state index contributed by atoms with van der Waals surface area (Å²) < 4.78 is 10.8. The Morgan fingerprint density at radius 3 is 2.67 bits per heavy atom. The number of aromatic nitrogens is 2. The third kappa shape index (κ3) is 2.99. The number of nitrogens with one attached hydrogen (secondary N) is 1. The van der Waals surface area contributed by atoms with E-state index in [-0.39, 0.29) is 11.7 Å². The van der Waals surface area contributed by atoms with E-state index in [0.29, 0.717) is 35.0 Å². The first kappa shape index (κ1) is 19.6. The van der Waals surface area contributed by atoms with E-state index in [2.05, 4.69) is 16.8 Å². The van der Waals surface area contributed by atoms with Gasteiger partial charge in [0.15, 0.2) is 11.5 Å². The predicted octanol–water partition coefficient (Wildman–Crippen LogP) is 3.84. The number of benzene rings is 2. The molecule has 0 radical (unpaired) electrons. The Balaban J connectivity index is 1.93. The molecule has 0 bridgehead atoms. The summed E-state index contributed by atoms with van der Waals surface area (Å²) in [6.07, 6.45) is 1.69. The normalized spacial score (nSPS) is 15.2. The van der Waals surface area contributed by atoms with E-state index >= 15 is 0 Å². The van der Waals surface area contributed by atoms with Gasteiger partial charge in [-0.15, -0.1) is 6.58 Å².